The molecule has 0 amide bonds. The summed E-state index contributed by atoms with van der Waals surface area (Å²) >= 11 is 0. The molecule has 4 nitrogen and oxygen atoms in total. The highest BCUT2D eigenvalue weighted by Gasteiger charge is 2.32. The van der Waals surface area contributed by atoms with Gasteiger partial charge in [0.25, 0.3) is 0 Å². The standard InChI is InChI=1S/C11H21NO3/c1-4-14-11(13)10(12-8(2)3)9-6-5-7-15-9/h8-10,12H,4-7H2,1-3H3. The molecular formula is C11H21NO3. The predicted octanol–water partition coefficient (Wildman–Crippen LogP) is 1.10. The Kier molecular flexibility index (Phi) is 5.05. The van der Waals surface area contributed by atoms with Crippen LogP contribution in [0.3, 0.4) is 0 Å². The summed E-state index contributed by atoms with van der Waals surface area (Å²) in [6, 6.07) is -0.0592. The van der Waals surface area contributed by atoms with E-state index in [1.165, 1.54) is 0 Å². The second-order valence-electron chi connectivity index (χ2n) is 4.10. The van der Waals surface area contributed by atoms with E-state index in [9.17, 15) is 4.79 Å². The van der Waals surface area contributed by atoms with E-state index < -0.39 is 0 Å². The van der Waals surface area contributed by atoms with Gasteiger partial charge in [0.2, 0.25) is 0 Å². The second kappa shape index (κ2) is 6.08. The molecule has 1 aliphatic heterocycles. The molecule has 1 fully saturated rings. The molecule has 2 atom stereocenters. The topological polar surface area (TPSA) is 47.6 Å². The Bertz CT molecular complexity index is 200. The molecule has 0 aromatic rings. The Labute approximate surface area is 91.3 Å². The quantitative estimate of drug-likeness (QED) is 0.698. The van der Waals surface area contributed by atoms with E-state index in [0.717, 1.165) is 19.4 Å². The summed E-state index contributed by atoms with van der Waals surface area (Å²) in [7, 11) is 0. The van der Waals surface area contributed by atoms with Crippen molar-refractivity contribution in [3.8, 4) is 0 Å². The molecular weight excluding hydrogens is 194 g/mol. The van der Waals surface area contributed by atoms with Crippen molar-refractivity contribution in [1.29, 1.82) is 0 Å². The van der Waals surface area contributed by atoms with Crippen molar-refractivity contribution in [1.82, 2.24) is 5.32 Å². The molecule has 0 bridgehead atoms. The molecule has 2 unspecified atom stereocenters. The summed E-state index contributed by atoms with van der Waals surface area (Å²) in [5.74, 6) is -0.196. The van der Waals surface area contributed by atoms with E-state index in [-0.39, 0.29) is 24.2 Å². The summed E-state index contributed by atoms with van der Waals surface area (Å²) in [5, 5.41) is 3.21. The predicted molar refractivity (Wildman–Crippen MR) is 57.7 cm³/mol. The number of ether oxygens (including phenoxy) is 2. The Morgan fingerprint density at radius 2 is 2.33 bits per heavy atom. The maximum atomic E-state index is 11.7. The molecule has 1 rings (SSSR count). The fraction of sp³-hybridized carbons (Fsp3) is 0.909. The Morgan fingerprint density at radius 1 is 1.60 bits per heavy atom. The Hall–Kier alpha value is -0.610. The van der Waals surface area contributed by atoms with E-state index in [1.807, 2.05) is 20.8 Å². The lowest BCUT2D eigenvalue weighted by Gasteiger charge is -2.24. The van der Waals surface area contributed by atoms with Crippen LogP contribution in [0.1, 0.15) is 33.6 Å². The molecule has 1 saturated heterocycles. The van der Waals surface area contributed by atoms with Crippen LogP contribution < -0.4 is 5.32 Å². The maximum absolute atomic E-state index is 11.7. The molecule has 0 aromatic heterocycles. The van der Waals surface area contributed by atoms with Crippen LogP contribution in [0, 0.1) is 0 Å². The zero-order chi connectivity index (χ0) is 11.3. The Balaban J connectivity index is 2.54. The first-order valence-corrected chi connectivity index (χ1v) is 5.69. The van der Waals surface area contributed by atoms with Crippen LogP contribution in [0.25, 0.3) is 0 Å². The molecule has 0 aromatic carbocycles. The van der Waals surface area contributed by atoms with Crippen molar-refractivity contribution in [2.24, 2.45) is 0 Å². The smallest absolute Gasteiger partial charge is 0.325 e. The molecule has 0 radical (unpaired) electrons. The van der Waals surface area contributed by atoms with Crippen LogP contribution in [-0.4, -0.2) is 37.4 Å². The average molecular weight is 215 g/mol. The summed E-state index contributed by atoms with van der Waals surface area (Å²) in [6.07, 6.45) is 1.94. The number of hydrogen-bond donors (Lipinski definition) is 1. The number of rotatable bonds is 5. The summed E-state index contributed by atoms with van der Waals surface area (Å²) < 4.78 is 10.6. The van der Waals surface area contributed by atoms with E-state index in [4.69, 9.17) is 9.47 Å². The van der Waals surface area contributed by atoms with E-state index in [0.29, 0.717) is 6.61 Å². The number of esters is 1. The fourth-order valence-corrected chi connectivity index (χ4v) is 1.78. The first-order valence-electron chi connectivity index (χ1n) is 5.69. The third kappa shape index (κ3) is 3.80. The lowest BCUT2D eigenvalue weighted by Crippen LogP contribution is -2.49. The first kappa shape index (κ1) is 12.5. The van der Waals surface area contributed by atoms with Gasteiger partial charge < -0.3 is 9.47 Å². The molecule has 1 aliphatic rings. The van der Waals surface area contributed by atoms with Crippen LogP contribution in [0.4, 0.5) is 0 Å². The van der Waals surface area contributed by atoms with Gasteiger partial charge in [-0.2, -0.15) is 0 Å². The summed E-state index contributed by atoms with van der Waals surface area (Å²) in [4.78, 5) is 11.7. The van der Waals surface area contributed by atoms with Crippen molar-refractivity contribution in [3.63, 3.8) is 0 Å². The lowest BCUT2D eigenvalue weighted by atomic mass is 10.1. The van der Waals surface area contributed by atoms with E-state index in [1.54, 1.807) is 0 Å². The zero-order valence-corrected chi connectivity index (χ0v) is 9.79. The van der Waals surface area contributed by atoms with E-state index >= 15 is 0 Å². The number of carbonyl (C=O) groups is 1. The fourth-order valence-electron chi connectivity index (χ4n) is 1.78. The average Bonchev–Trinajstić information content (AvgIpc) is 2.66. The van der Waals surface area contributed by atoms with Crippen molar-refractivity contribution >= 4 is 5.97 Å². The molecule has 0 aliphatic carbocycles. The van der Waals surface area contributed by atoms with Gasteiger partial charge in [0.1, 0.15) is 6.04 Å². The number of hydrogen-bond acceptors (Lipinski definition) is 4. The molecule has 0 saturated carbocycles. The van der Waals surface area contributed by atoms with Gasteiger partial charge in [0.15, 0.2) is 0 Å². The zero-order valence-electron chi connectivity index (χ0n) is 9.79. The second-order valence-corrected chi connectivity index (χ2v) is 4.10. The van der Waals surface area contributed by atoms with Crippen molar-refractivity contribution < 1.29 is 14.3 Å². The normalized spacial score (nSPS) is 23.1. The molecule has 15 heavy (non-hydrogen) atoms. The van der Waals surface area contributed by atoms with Crippen LogP contribution in [0.5, 0.6) is 0 Å². The SMILES string of the molecule is CCOC(=O)C(NC(C)C)C1CCCO1. The van der Waals surface area contributed by atoms with Crippen LogP contribution in [-0.2, 0) is 14.3 Å². The highest BCUT2D eigenvalue weighted by atomic mass is 16.5. The van der Waals surface area contributed by atoms with Crippen molar-refractivity contribution in [2.45, 2.75) is 51.8 Å². The molecule has 0 spiro atoms. The van der Waals surface area contributed by atoms with Gasteiger partial charge in [0.05, 0.1) is 12.7 Å². The maximum Gasteiger partial charge on any atom is 0.325 e. The minimum Gasteiger partial charge on any atom is -0.465 e. The van der Waals surface area contributed by atoms with Gasteiger partial charge in [0, 0.05) is 12.6 Å². The largest absolute Gasteiger partial charge is 0.465 e. The van der Waals surface area contributed by atoms with Crippen LogP contribution >= 0.6 is 0 Å². The Morgan fingerprint density at radius 3 is 2.80 bits per heavy atom. The monoisotopic (exact) mass is 215 g/mol. The van der Waals surface area contributed by atoms with Crippen molar-refractivity contribution in [2.75, 3.05) is 13.2 Å². The first-order chi connectivity index (χ1) is 7.15. The lowest BCUT2D eigenvalue weighted by molar-refractivity contribution is -0.149. The summed E-state index contributed by atoms with van der Waals surface area (Å²) in [5.41, 5.74) is 0. The third-order valence-electron chi connectivity index (χ3n) is 2.39. The van der Waals surface area contributed by atoms with Gasteiger partial charge in [-0.25, -0.2) is 0 Å². The highest BCUT2D eigenvalue weighted by molar-refractivity contribution is 5.76. The van der Waals surface area contributed by atoms with Crippen LogP contribution in [0.15, 0.2) is 0 Å². The van der Waals surface area contributed by atoms with Gasteiger partial charge in [-0.1, -0.05) is 13.8 Å². The molecule has 4 heteroatoms. The molecule has 88 valence electrons. The minimum absolute atomic E-state index is 0.0218. The van der Waals surface area contributed by atoms with Crippen LogP contribution in [0.2, 0.25) is 0 Å². The van der Waals surface area contributed by atoms with E-state index in [2.05, 4.69) is 5.32 Å². The summed E-state index contributed by atoms with van der Waals surface area (Å²) in [6.45, 7) is 7.02. The minimum atomic E-state index is -0.313. The molecule has 1 N–H and O–H groups in total. The van der Waals surface area contributed by atoms with Gasteiger partial charge in [-0.3, -0.25) is 10.1 Å². The van der Waals surface area contributed by atoms with Gasteiger partial charge >= 0.3 is 5.97 Å². The number of nitrogens with one attached hydrogen (secondary N) is 1. The third-order valence-corrected chi connectivity index (χ3v) is 2.39. The molecule has 1 heterocycles. The van der Waals surface area contributed by atoms with Gasteiger partial charge in [-0.05, 0) is 19.8 Å². The highest BCUT2D eigenvalue weighted by Crippen LogP contribution is 2.17. The van der Waals surface area contributed by atoms with Gasteiger partial charge in [-0.15, -0.1) is 0 Å². The number of carbonyl (C=O) groups excluding carboxylic acids is 1. The van der Waals surface area contributed by atoms with Crippen molar-refractivity contribution in [3.05, 3.63) is 0 Å².